The monoisotopic (exact) mass is 247 g/mol. The third kappa shape index (κ3) is 2.29. The fourth-order valence-electron chi connectivity index (χ4n) is 1.73. The quantitative estimate of drug-likeness (QED) is 0.502. The largest absolute Gasteiger partial charge is 0.393 e. The highest BCUT2D eigenvalue weighted by Crippen LogP contribution is 2.22. The molecule has 1 aromatic heterocycles. The lowest BCUT2D eigenvalue weighted by molar-refractivity contribution is -0.384. The minimum absolute atomic E-state index is 0.0815. The van der Waals surface area contributed by atoms with E-state index in [1.807, 2.05) is 6.92 Å². The number of hydrogen-bond donors (Lipinski definition) is 1. The summed E-state index contributed by atoms with van der Waals surface area (Å²) in [4.78, 5) is 14.5. The predicted molar refractivity (Wildman–Crippen MR) is 66.1 cm³/mol. The third-order valence-corrected chi connectivity index (χ3v) is 2.59. The molecule has 7 nitrogen and oxygen atoms in total. The molecule has 0 bridgehead atoms. The number of nitrogen functional groups attached to an aromatic ring is 1. The number of aromatic nitrogens is 3. The molecule has 0 fully saturated rings. The normalized spacial score (nSPS) is 10.6. The van der Waals surface area contributed by atoms with Gasteiger partial charge in [-0.1, -0.05) is 6.07 Å². The molecule has 0 amide bonds. The van der Waals surface area contributed by atoms with Crippen molar-refractivity contribution in [3.8, 4) is 0 Å². The van der Waals surface area contributed by atoms with Crippen LogP contribution in [0.2, 0.25) is 0 Å². The molecule has 94 valence electrons. The Morgan fingerprint density at radius 1 is 1.44 bits per heavy atom. The second-order valence-electron chi connectivity index (χ2n) is 4.01. The molecule has 0 aliphatic carbocycles. The second-order valence-corrected chi connectivity index (χ2v) is 4.01. The summed E-state index contributed by atoms with van der Waals surface area (Å²) in [5, 5.41) is 15.0. The van der Waals surface area contributed by atoms with Crippen LogP contribution in [0.1, 0.15) is 17.2 Å². The van der Waals surface area contributed by atoms with Gasteiger partial charge >= 0.3 is 0 Å². The number of benzene rings is 1. The Labute approximate surface area is 103 Å². The van der Waals surface area contributed by atoms with Crippen molar-refractivity contribution >= 4 is 11.4 Å². The van der Waals surface area contributed by atoms with E-state index in [0.29, 0.717) is 12.4 Å². The summed E-state index contributed by atoms with van der Waals surface area (Å²) >= 11 is 0. The van der Waals surface area contributed by atoms with Gasteiger partial charge in [0.15, 0.2) is 0 Å². The predicted octanol–water partition coefficient (Wildman–Crippen LogP) is 1.43. The number of nitrogens with zero attached hydrogens (tertiary/aromatic N) is 4. The van der Waals surface area contributed by atoms with Crippen LogP contribution in [0.3, 0.4) is 0 Å². The highest BCUT2D eigenvalue weighted by molar-refractivity contribution is 5.59. The highest BCUT2D eigenvalue weighted by Gasteiger charge is 2.12. The molecular weight excluding hydrogens is 234 g/mol. The van der Waals surface area contributed by atoms with E-state index in [4.69, 9.17) is 5.73 Å². The average Bonchev–Trinajstić information content (AvgIpc) is 2.60. The highest BCUT2D eigenvalue weighted by atomic mass is 16.6. The van der Waals surface area contributed by atoms with Crippen molar-refractivity contribution in [2.45, 2.75) is 20.4 Å². The van der Waals surface area contributed by atoms with E-state index >= 15 is 0 Å². The number of rotatable bonds is 3. The summed E-state index contributed by atoms with van der Waals surface area (Å²) in [6.07, 6.45) is 0. The maximum Gasteiger partial charge on any atom is 0.292 e. The lowest BCUT2D eigenvalue weighted by Gasteiger charge is -2.04. The van der Waals surface area contributed by atoms with E-state index in [2.05, 4.69) is 10.1 Å². The number of nitro groups is 1. The summed E-state index contributed by atoms with van der Waals surface area (Å²) in [5.74, 6) is 1.45. The first kappa shape index (κ1) is 12.0. The van der Waals surface area contributed by atoms with E-state index in [9.17, 15) is 10.1 Å². The van der Waals surface area contributed by atoms with Gasteiger partial charge in [-0.25, -0.2) is 9.67 Å². The standard InChI is InChI=1S/C11H13N5O2/c1-7-13-8(2)15(14-7)6-9-3-4-10(12)11(5-9)16(17)18/h3-5H,6,12H2,1-2H3. The first-order valence-corrected chi connectivity index (χ1v) is 5.38. The zero-order valence-electron chi connectivity index (χ0n) is 10.1. The first-order valence-electron chi connectivity index (χ1n) is 5.38. The van der Waals surface area contributed by atoms with Crippen LogP contribution in [-0.2, 0) is 6.54 Å². The Balaban J connectivity index is 2.32. The van der Waals surface area contributed by atoms with Crippen LogP contribution in [-0.4, -0.2) is 19.7 Å². The Kier molecular flexibility index (Phi) is 2.97. The van der Waals surface area contributed by atoms with Crippen LogP contribution in [0.5, 0.6) is 0 Å². The van der Waals surface area contributed by atoms with Gasteiger partial charge in [-0.15, -0.1) is 0 Å². The molecule has 0 saturated carbocycles. The Hall–Kier alpha value is -2.44. The lowest BCUT2D eigenvalue weighted by atomic mass is 10.2. The van der Waals surface area contributed by atoms with E-state index in [-0.39, 0.29) is 11.4 Å². The molecule has 0 aliphatic rings. The third-order valence-electron chi connectivity index (χ3n) is 2.59. The Bertz CT molecular complexity index is 605. The smallest absolute Gasteiger partial charge is 0.292 e. The van der Waals surface area contributed by atoms with Crippen molar-refractivity contribution in [1.82, 2.24) is 14.8 Å². The van der Waals surface area contributed by atoms with Gasteiger partial charge in [0.25, 0.3) is 5.69 Å². The van der Waals surface area contributed by atoms with Crippen LogP contribution in [0.4, 0.5) is 11.4 Å². The zero-order valence-corrected chi connectivity index (χ0v) is 10.1. The van der Waals surface area contributed by atoms with Crippen molar-refractivity contribution < 1.29 is 4.92 Å². The fraction of sp³-hybridized carbons (Fsp3) is 0.273. The minimum Gasteiger partial charge on any atom is -0.393 e. The van der Waals surface area contributed by atoms with Gasteiger partial charge < -0.3 is 5.73 Å². The van der Waals surface area contributed by atoms with Gasteiger partial charge in [-0.2, -0.15) is 5.10 Å². The summed E-state index contributed by atoms with van der Waals surface area (Å²) in [6.45, 7) is 4.08. The van der Waals surface area contributed by atoms with E-state index in [0.717, 1.165) is 11.4 Å². The Morgan fingerprint density at radius 3 is 2.72 bits per heavy atom. The molecule has 0 atom stereocenters. The molecule has 0 unspecified atom stereocenters. The van der Waals surface area contributed by atoms with Crippen molar-refractivity contribution in [3.05, 3.63) is 45.5 Å². The number of aryl methyl sites for hydroxylation is 2. The topological polar surface area (TPSA) is 99.9 Å². The summed E-state index contributed by atoms with van der Waals surface area (Å²) < 4.78 is 1.70. The van der Waals surface area contributed by atoms with Crippen LogP contribution in [0.25, 0.3) is 0 Å². The maximum absolute atomic E-state index is 10.8. The molecular formula is C11H13N5O2. The molecule has 7 heteroatoms. The van der Waals surface area contributed by atoms with Crippen LogP contribution in [0.15, 0.2) is 18.2 Å². The average molecular weight is 247 g/mol. The molecule has 0 saturated heterocycles. The second kappa shape index (κ2) is 4.44. The molecule has 18 heavy (non-hydrogen) atoms. The van der Waals surface area contributed by atoms with Crippen molar-refractivity contribution in [1.29, 1.82) is 0 Å². The fourth-order valence-corrected chi connectivity index (χ4v) is 1.73. The lowest BCUT2D eigenvalue weighted by Crippen LogP contribution is -2.05. The van der Waals surface area contributed by atoms with Gasteiger partial charge in [-0.3, -0.25) is 10.1 Å². The number of nitro benzene ring substituents is 1. The summed E-state index contributed by atoms with van der Waals surface area (Å²) in [7, 11) is 0. The molecule has 1 aromatic carbocycles. The molecule has 1 heterocycles. The van der Waals surface area contributed by atoms with Crippen LogP contribution >= 0.6 is 0 Å². The van der Waals surface area contributed by atoms with Gasteiger partial charge in [0.1, 0.15) is 17.3 Å². The van der Waals surface area contributed by atoms with E-state index in [1.165, 1.54) is 12.1 Å². The number of anilines is 1. The minimum atomic E-state index is -0.488. The van der Waals surface area contributed by atoms with Gasteiger partial charge in [0.2, 0.25) is 0 Å². The molecule has 2 N–H and O–H groups in total. The molecule has 0 spiro atoms. The SMILES string of the molecule is Cc1nc(C)n(Cc2ccc(N)c([N+](=O)[O-])c2)n1. The zero-order chi connectivity index (χ0) is 13.3. The Morgan fingerprint density at radius 2 is 2.17 bits per heavy atom. The summed E-state index contributed by atoms with van der Waals surface area (Å²) in [5.41, 5.74) is 6.39. The van der Waals surface area contributed by atoms with E-state index in [1.54, 1.807) is 17.7 Å². The van der Waals surface area contributed by atoms with Crippen molar-refractivity contribution in [2.75, 3.05) is 5.73 Å². The molecule has 2 aromatic rings. The van der Waals surface area contributed by atoms with Gasteiger partial charge in [0.05, 0.1) is 11.5 Å². The molecule has 2 rings (SSSR count). The van der Waals surface area contributed by atoms with Crippen LogP contribution in [0, 0.1) is 24.0 Å². The van der Waals surface area contributed by atoms with Gasteiger partial charge in [0, 0.05) is 6.07 Å². The van der Waals surface area contributed by atoms with Gasteiger partial charge in [-0.05, 0) is 25.5 Å². The maximum atomic E-state index is 10.8. The van der Waals surface area contributed by atoms with Crippen molar-refractivity contribution in [2.24, 2.45) is 0 Å². The van der Waals surface area contributed by atoms with Crippen molar-refractivity contribution in [3.63, 3.8) is 0 Å². The first-order chi connectivity index (χ1) is 8.47. The molecule has 0 radical (unpaired) electrons. The molecule has 0 aliphatic heterocycles. The van der Waals surface area contributed by atoms with E-state index < -0.39 is 4.92 Å². The number of nitrogens with two attached hydrogens (primary N) is 1. The van der Waals surface area contributed by atoms with Crippen LogP contribution < -0.4 is 5.73 Å². The summed E-state index contributed by atoms with van der Waals surface area (Å²) in [6, 6.07) is 4.75. The number of hydrogen-bond acceptors (Lipinski definition) is 5.